The van der Waals surface area contributed by atoms with Gasteiger partial charge >= 0.3 is 5.97 Å². The van der Waals surface area contributed by atoms with Gasteiger partial charge in [0, 0.05) is 0 Å². The molecular formula is C20H17IN2O6S. The molecule has 0 saturated carbocycles. The number of ether oxygens (including phenoxy) is 3. The Hall–Kier alpha value is -2.73. The fourth-order valence-corrected chi connectivity index (χ4v) is 4.13. The lowest BCUT2D eigenvalue weighted by atomic mass is 10.2. The number of amidine groups is 1. The Bertz CT molecular complexity index is 1040. The van der Waals surface area contributed by atoms with E-state index < -0.39 is 12.6 Å². The van der Waals surface area contributed by atoms with Crippen molar-refractivity contribution in [2.24, 2.45) is 4.99 Å². The number of hydrogen-bond acceptors (Lipinski definition) is 7. The molecule has 8 nitrogen and oxygen atoms in total. The van der Waals surface area contributed by atoms with Crippen LogP contribution < -0.4 is 19.5 Å². The molecule has 0 atom stereocenters. The van der Waals surface area contributed by atoms with Crippen molar-refractivity contribution in [2.75, 3.05) is 20.8 Å². The van der Waals surface area contributed by atoms with Crippen LogP contribution >= 0.6 is 34.4 Å². The van der Waals surface area contributed by atoms with Gasteiger partial charge in [-0.2, -0.15) is 0 Å². The van der Waals surface area contributed by atoms with Crippen molar-refractivity contribution in [3.8, 4) is 17.2 Å². The van der Waals surface area contributed by atoms with Crippen LogP contribution in [0.1, 0.15) is 5.56 Å². The van der Waals surface area contributed by atoms with E-state index in [1.807, 2.05) is 22.6 Å². The van der Waals surface area contributed by atoms with Crippen LogP contribution in [0, 0.1) is 3.57 Å². The third-order valence-electron chi connectivity index (χ3n) is 3.84. The quantitative estimate of drug-likeness (QED) is 0.408. The molecule has 2 aromatic rings. The normalized spacial score (nSPS) is 15.9. The molecule has 1 amide bonds. The van der Waals surface area contributed by atoms with E-state index in [4.69, 9.17) is 19.3 Å². The van der Waals surface area contributed by atoms with Crippen molar-refractivity contribution < 1.29 is 28.9 Å². The number of carbonyl (C=O) groups is 2. The van der Waals surface area contributed by atoms with Gasteiger partial charge in [-0.05, 0) is 82.4 Å². The number of carbonyl (C=O) groups excluding carboxylic acids is 1. The maximum Gasteiger partial charge on any atom is 0.341 e. The molecule has 1 aliphatic heterocycles. The van der Waals surface area contributed by atoms with Gasteiger partial charge in [-0.1, -0.05) is 0 Å². The highest BCUT2D eigenvalue weighted by Gasteiger charge is 2.24. The van der Waals surface area contributed by atoms with Crippen LogP contribution in [-0.4, -0.2) is 43.0 Å². The third kappa shape index (κ3) is 5.45. The van der Waals surface area contributed by atoms with Crippen molar-refractivity contribution in [2.45, 2.75) is 0 Å². The fraction of sp³-hybridized carbons (Fsp3) is 0.150. The number of hydrogen-bond donors (Lipinski definition) is 2. The number of carboxylic acids is 1. The second-order valence-corrected chi connectivity index (χ2v) is 8.09. The summed E-state index contributed by atoms with van der Waals surface area (Å²) in [4.78, 5) is 28.0. The molecule has 10 heteroatoms. The van der Waals surface area contributed by atoms with E-state index in [2.05, 4.69) is 10.3 Å². The molecule has 156 valence electrons. The first-order chi connectivity index (χ1) is 14.4. The Morgan fingerprint density at radius 1 is 1.23 bits per heavy atom. The van der Waals surface area contributed by atoms with E-state index in [1.165, 1.54) is 18.9 Å². The van der Waals surface area contributed by atoms with Gasteiger partial charge in [0.25, 0.3) is 5.91 Å². The maximum absolute atomic E-state index is 12.3. The predicted octanol–water partition coefficient (Wildman–Crippen LogP) is 3.66. The van der Waals surface area contributed by atoms with Gasteiger partial charge in [-0.15, -0.1) is 0 Å². The van der Waals surface area contributed by atoms with E-state index in [-0.39, 0.29) is 5.91 Å². The maximum atomic E-state index is 12.3. The monoisotopic (exact) mass is 540 g/mol. The summed E-state index contributed by atoms with van der Waals surface area (Å²) in [6.07, 6.45) is 1.71. The van der Waals surface area contributed by atoms with Gasteiger partial charge in [0.2, 0.25) is 0 Å². The van der Waals surface area contributed by atoms with E-state index in [1.54, 1.807) is 49.6 Å². The second-order valence-electron chi connectivity index (χ2n) is 5.90. The van der Waals surface area contributed by atoms with Crippen LogP contribution in [0.2, 0.25) is 0 Å². The summed E-state index contributed by atoms with van der Waals surface area (Å²) in [6.45, 7) is -0.476. The number of aliphatic imine (C=N–C) groups is 1. The third-order valence-corrected chi connectivity index (χ3v) is 5.55. The van der Waals surface area contributed by atoms with Crippen LogP contribution in [0.3, 0.4) is 0 Å². The van der Waals surface area contributed by atoms with Crippen LogP contribution in [0.4, 0.5) is 5.69 Å². The number of benzene rings is 2. The minimum absolute atomic E-state index is 0.257. The summed E-state index contributed by atoms with van der Waals surface area (Å²) in [5, 5.41) is 12.0. The number of halogens is 1. The van der Waals surface area contributed by atoms with Gasteiger partial charge in [0.05, 0.1) is 28.4 Å². The Morgan fingerprint density at radius 3 is 2.60 bits per heavy atom. The molecular weight excluding hydrogens is 523 g/mol. The Labute approximate surface area is 190 Å². The number of nitrogens with one attached hydrogen (secondary N) is 1. The highest BCUT2D eigenvalue weighted by molar-refractivity contribution is 14.1. The van der Waals surface area contributed by atoms with Gasteiger partial charge in [0.1, 0.15) is 5.75 Å². The average molecular weight is 540 g/mol. The van der Waals surface area contributed by atoms with Gasteiger partial charge in [-0.3, -0.25) is 4.79 Å². The molecule has 0 bridgehead atoms. The second kappa shape index (κ2) is 9.85. The summed E-state index contributed by atoms with van der Waals surface area (Å²) in [6, 6.07) is 10.6. The first-order valence-corrected chi connectivity index (χ1v) is 10.4. The van der Waals surface area contributed by atoms with Crippen LogP contribution in [-0.2, 0) is 9.59 Å². The molecule has 0 aromatic heterocycles. The molecule has 3 rings (SSSR count). The summed E-state index contributed by atoms with van der Waals surface area (Å²) in [5.74, 6) is 0.106. The molecule has 1 saturated heterocycles. The molecule has 0 unspecified atom stereocenters. The van der Waals surface area contributed by atoms with E-state index >= 15 is 0 Å². The zero-order valence-corrected chi connectivity index (χ0v) is 18.9. The fourth-order valence-electron chi connectivity index (χ4n) is 2.50. The van der Waals surface area contributed by atoms with Crippen molar-refractivity contribution >= 4 is 63.2 Å². The van der Waals surface area contributed by atoms with Gasteiger partial charge in [0.15, 0.2) is 23.3 Å². The van der Waals surface area contributed by atoms with Crippen LogP contribution in [0.25, 0.3) is 6.08 Å². The minimum atomic E-state index is -1.08. The summed E-state index contributed by atoms with van der Waals surface area (Å²) in [7, 11) is 3.05. The van der Waals surface area contributed by atoms with Crippen LogP contribution in [0.15, 0.2) is 46.3 Å². The number of nitrogens with zero attached hydrogens (tertiary/aromatic N) is 1. The zero-order chi connectivity index (χ0) is 21.7. The van der Waals surface area contributed by atoms with E-state index in [0.29, 0.717) is 36.4 Å². The van der Waals surface area contributed by atoms with Crippen molar-refractivity contribution in [1.82, 2.24) is 5.32 Å². The molecule has 0 aliphatic carbocycles. The van der Waals surface area contributed by atoms with Crippen molar-refractivity contribution in [1.29, 1.82) is 0 Å². The Balaban J connectivity index is 1.82. The highest BCUT2D eigenvalue weighted by Crippen LogP contribution is 2.36. The summed E-state index contributed by atoms with van der Waals surface area (Å²) < 4.78 is 16.4. The van der Waals surface area contributed by atoms with Gasteiger partial charge in [-0.25, -0.2) is 9.79 Å². The first kappa shape index (κ1) is 22.0. The lowest BCUT2D eigenvalue weighted by Crippen LogP contribution is -2.19. The Morgan fingerprint density at radius 2 is 1.97 bits per heavy atom. The van der Waals surface area contributed by atoms with Gasteiger partial charge < -0.3 is 24.6 Å². The SMILES string of the molecule is COc1ccc(N=C2NC(=O)/C(=C\c3cc(I)c(OCC(=O)O)c(OC)c3)S2)cc1. The standard InChI is InChI=1S/C20H17IN2O6S/c1-27-13-5-3-12(4-6-13)22-20-23-19(26)16(30-20)9-11-7-14(21)18(15(8-11)28-2)29-10-17(24)25/h3-9H,10H2,1-2H3,(H,24,25)(H,22,23,26)/b16-9+. The van der Waals surface area contributed by atoms with E-state index in [9.17, 15) is 9.59 Å². The topological polar surface area (TPSA) is 106 Å². The number of amides is 1. The molecule has 30 heavy (non-hydrogen) atoms. The molecule has 1 heterocycles. The average Bonchev–Trinajstić information content (AvgIpc) is 3.05. The van der Waals surface area contributed by atoms with Crippen molar-refractivity contribution in [3.63, 3.8) is 0 Å². The molecule has 2 aromatic carbocycles. The first-order valence-electron chi connectivity index (χ1n) is 8.55. The lowest BCUT2D eigenvalue weighted by molar-refractivity contribution is -0.139. The number of rotatable bonds is 7. The zero-order valence-electron chi connectivity index (χ0n) is 16.0. The minimum Gasteiger partial charge on any atom is -0.497 e. The molecule has 1 fully saturated rings. The number of thioether (sulfide) groups is 1. The summed E-state index contributed by atoms with van der Waals surface area (Å²) in [5.41, 5.74) is 1.40. The number of carboxylic acid groups (broad SMARTS) is 1. The number of methoxy groups -OCH3 is 2. The molecule has 2 N–H and O–H groups in total. The van der Waals surface area contributed by atoms with Crippen molar-refractivity contribution in [3.05, 3.63) is 50.4 Å². The summed E-state index contributed by atoms with van der Waals surface area (Å²) >= 11 is 3.25. The lowest BCUT2D eigenvalue weighted by Gasteiger charge is -2.12. The predicted molar refractivity (Wildman–Crippen MR) is 123 cm³/mol. The molecule has 0 spiro atoms. The largest absolute Gasteiger partial charge is 0.497 e. The number of aliphatic carboxylic acids is 1. The van der Waals surface area contributed by atoms with E-state index in [0.717, 1.165) is 5.75 Å². The van der Waals surface area contributed by atoms with Crippen LogP contribution in [0.5, 0.6) is 17.2 Å². The smallest absolute Gasteiger partial charge is 0.341 e. The molecule has 1 aliphatic rings. The highest BCUT2D eigenvalue weighted by atomic mass is 127. The molecule has 0 radical (unpaired) electrons. The Kier molecular flexibility index (Phi) is 7.21.